The van der Waals surface area contributed by atoms with Crippen molar-refractivity contribution >= 4 is 32.6 Å². The molecular formula is C34H39N3O5S. The smallest absolute Gasteiger partial charge is 0.243 e. The minimum atomic E-state index is -4.00. The highest BCUT2D eigenvalue weighted by Crippen LogP contribution is 2.23. The van der Waals surface area contributed by atoms with Crippen molar-refractivity contribution in [3.8, 4) is 5.75 Å². The van der Waals surface area contributed by atoms with Crippen molar-refractivity contribution in [2.24, 2.45) is 0 Å². The molecule has 2 amide bonds. The van der Waals surface area contributed by atoms with Crippen LogP contribution in [0.25, 0.3) is 10.8 Å². The Morgan fingerprint density at radius 2 is 1.56 bits per heavy atom. The molecule has 4 rings (SSSR count). The van der Waals surface area contributed by atoms with Crippen LogP contribution in [0.3, 0.4) is 0 Å². The number of rotatable bonds is 14. The lowest BCUT2D eigenvalue weighted by molar-refractivity contribution is -0.141. The van der Waals surface area contributed by atoms with Gasteiger partial charge >= 0.3 is 0 Å². The van der Waals surface area contributed by atoms with E-state index in [1.54, 1.807) is 31.4 Å². The van der Waals surface area contributed by atoms with Gasteiger partial charge in [-0.05, 0) is 52.6 Å². The molecule has 0 aliphatic carbocycles. The number of benzene rings is 4. The van der Waals surface area contributed by atoms with Crippen LogP contribution in [0, 0.1) is 0 Å². The number of unbranched alkanes of at least 4 members (excludes halogenated alkanes) is 1. The van der Waals surface area contributed by atoms with Crippen LogP contribution in [0.15, 0.2) is 102 Å². The third-order valence-electron chi connectivity index (χ3n) is 7.37. The van der Waals surface area contributed by atoms with Gasteiger partial charge in [-0.3, -0.25) is 9.59 Å². The molecule has 0 aromatic heterocycles. The zero-order valence-electron chi connectivity index (χ0n) is 24.9. The van der Waals surface area contributed by atoms with Crippen molar-refractivity contribution in [1.82, 2.24) is 14.5 Å². The number of ether oxygens (including phenoxy) is 1. The van der Waals surface area contributed by atoms with Crippen LogP contribution in [0.4, 0.5) is 0 Å². The van der Waals surface area contributed by atoms with Crippen molar-refractivity contribution in [2.45, 2.75) is 43.7 Å². The monoisotopic (exact) mass is 601 g/mol. The van der Waals surface area contributed by atoms with Gasteiger partial charge in [-0.15, -0.1) is 0 Å². The highest BCUT2D eigenvalue weighted by molar-refractivity contribution is 7.89. The topological polar surface area (TPSA) is 96.0 Å². The minimum Gasteiger partial charge on any atom is -0.497 e. The Morgan fingerprint density at radius 1 is 0.860 bits per heavy atom. The summed E-state index contributed by atoms with van der Waals surface area (Å²) in [6.07, 6.45) is 1.99. The molecule has 0 heterocycles. The number of likely N-dealkylation sites (N-methyl/N-ethyl adjacent to an activating group) is 1. The van der Waals surface area contributed by atoms with E-state index in [9.17, 15) is 18.0 Å². The lowest BCUT2D eigenvalue weighted by Crippen LogP contribution is -2.53. The molecule has 0 aliphatic heterocycles. The number of hydrogen-bond acceptors (Lipinski definition) is 5. The van der Waals surface area contributed by atoms with Crippen LogP contribution in [-0.2, 0) is 32.6 Å². The number of carbonyl (C=O) groups is 2. The molecule has 9 heteroatoms. The third-order valence-corrected chi connectivity index (χ3v) is 9.17. The van der Waals surface area contributed by atoms with Gasteiger partial charge in [-0.25, -0.2) is 8.42 Å². The molecule has 0 saturated heterocycles. The van der Waals surface area contributed by atoms with E-state index in [1.165, 1.54) is 11.9 Å². The molecule has 0 aliphatic rings. The van der Waals surface area contributed by atoms with Crippen molar-refractivity contribution in [1.29, 1.82) is 0 Å². The van der Waals surface area contributed by atoms with E-state index in [-0.39, 0.29) is 23.8 Å². The molecule has 1 N–H and O–H groups in total. The molecule has 1 atom stereocenters. The first-order valence-corrected chi connectivity index (χ1v) is 15.9. The van der Waals surface area contributed by atoms with Crippen molar-refractivity contribution in [3.05, 3.63) is 108 Å². The normalized spacial score (nSPS) is 12.2. The van der Waals surface area contributed by atoms with Gasteiger partial charge in [-0.1, -0.05) is 86.1 Å². The Bertz CT molecular complexity index is 1640. The number of nitrogens with zero attached hydrogens (tertiary/aromatic N) is 2. The highest BCUT2D eigenvalue weighted by Gasteiger charge is 2.33. The van der Waals surface area contributed by atoms with Gasteiger partial charge < -0.3 is 15.0 Å². The Kier molecular flexibility index (Phi) is 10.9. The van der Waals surface area contributed by atoms with E-state index in [2.05, 4.69) is 5.32 Å². The molecule has 4 aromatic rings. The van der Waals surface area contributed by atoms with E-state index in [1.807, 2.05) is 79.7 Å². The SMILES string of the molecule is CCCCNC(=O)C(Cc1ccccc1)N(Cc1cccc(OC)c1)C(=O)CN(C)S(=O)(=O)c1ccc2ccccc2c1. The van der Waals surface area contributed by atoms with Gasteiger partial charge in [0.1, 0.15) is 11.8 Å². The Balaban J connectivity index is 1.67. The summed E-state index contributed by atoms with van der Waals surface area (Å²) >= 11 is 0. The van der Waals surface area contributed by atoms with E-state index < -0.39 is 28.5 Å². The zero-order chi connectivity index (χ0) is 30.8. The van der Waals surface area contributed by atoms with Crippen LogP contribution in [-0.4, -0.2) is 62.7 Å². The average molecular weight is 602 g/mol. The maximum atomic E-state index is 14.1. The van der Waals surface area contributed by atoms with Crippen LogP contribution < -0.4 is 10.1 Å². The molecule has 43 heavy (non-hydrogen) atoms. The first-order valence-electron chi connectivity index (χ1n) is 14.4. The minimum absolute atomic E-state index is 0.0958. The van der Waals surface area contributed by atoms with Gasteiger partial charge in [0, 0.05) is 26.6 Å². The molecule has 0 radical (unpaired) electrons. The summed E-state index contributed by atoms with van der Waals surface area (Å²) < 4.78 is 33.6. The number of fused-ring (bicyclic) bond motifs is 1. The number of hydrogen-bond donors (Lipinski definition) is 1. The second-order valence-corrected chi connectivity index (χ2v) is 12.5. The molecule has 0 spiro atoms. The number of sulfonamides is 1. The lowest BCUT2D eigenvalue weighted by Gasteiger charge is -2.32. The molecule has 4 aromatic carbocycles. The van der Waals surface area contributed by atoms with Crippen LogP contribution in [0.5, 0.6) is 5.75 Å². The molecule has 226 valence electrons. The molecule has 0 saturated carbocycles. The summed E-state index contributed by atoms with van der Waals surface area (Å²) in [5.74, 6) is -0.150. The fraction of sp³-hybridized carbons (Fsp3) is 0.294. The summed E-state index contributed by atoms with van der Waals surface area (Å²) in [5, 5.41) is 4.69. The summed E-state index contributed by atoms with van der Waals surface area (Å²) in [6.45, 7) is 2.18. The maximum Gasteiger partial charge on any atom is 0.243 e. The quantitative estimate of drug-likeness (QED) is 0.205. The average Bonchev–Trinajstić information content (AvgIpc) is 3.03. The number of nitrogens with one attached hydrogen (secondary N) is 1. The molecule has 0 fully saturated rings. The van der Waals surface area contributed by atoms with Crippen molar-refractivity contribution in [2.75, 3.05) is 27.2 Å². The largest absolute Gasteiger partial charge is 0.497 e. The fourth-order valence-corrected chi connectivity index (χ4v) is 6.06. The van der Waals surface area contributed by atoms with Crippen molar-refractivity contribution < 1.29 is 22.7 Å². The van der Waals surface area contributed by atoms with Gasteiger partial charge in [0.05, 0.1) is 18.6 Å². The van der Waals surface area contributed by atoms with Crippen LogP contribution >= 0.6 is 0 Å². The zero-order valence-corrected chi connectivity index (χ0v) is 25.7. The third kappa shape index (κ3) is 8.21. The predicted octanol–water partition coefficient (Wildman–Crippen LogP) is 5.03. The maximum absolute atomic E-state index is 14.1. The first-order chi connectivity index (χ1) is 20.7. The standard InChI is InChI=1S/C34H39N3O5S/c1-4-5-20-35-34(39)32(22-26-12-7-6-8-13-26)37(24-27-14-11-17-30(21-27)42-3)33(38)25-36(2)43(40,41)31-19-18-28-15-9-10-16-29(28)23-31/h6-19,21,23,32H,4-5,20,22,24-25H2,1-3H3,(H,35,39). The second kappa shape index (κ2) is 14.8. The first kappa shape index (κ1) is 31.7. The Labute approximate surface area is 254 Å². The summed E-state index contributed by atoms with van der Waals surface area (Å²) in [4.78, 5) is 29.3. The summed E-state index contributed by atoms with van der Waals surface area (Å²) in [6, 6.07) is 28.3. The predicted molar refractivity (Wildman–Crippen MR) is 169 cm³/mol. The fourth-order valence-electron chi connectivity index (χ4n) is 4.90. The lowest BCUT2D eigenvalue weighted by atomic mass is 10.0. The van der Waals surface area contributed by atoms with Crippen LogP contribution in [0.2, 0.25) is 0 Å². The van der Waals surface area contributed by atoms with Gasteiger partial charge in [-0.2, -0.15) is 4.31 Å². The summed E-state index contributed by atoms with van der Waals surface area (Å²) in [5.41, 5.74) is 1.64. The number of methoxy groups -OCH3 is 1. The van der Waals surface area contributed by atoms with E-state index >= 15 is 0 Å². The molecular weight excluding hydrogens is 562 g/mol. The Hall–Kier alpha value is -4.21. The highest BCUT2D eigenvalue weighted by atomic mass is 32.2. The van der Waals surface area contributed by atoms with Crippen molar-refractivity contribution in [3.63, 3.8) is 0 Å². The molecule has 8 nitrogen and oxygen atoms in total. The molecule has 1 unspecified atom stereocenters. The van der Waals surface area contributed by atoms with Gasteiger partial charge in [0.2, 0.25) is 21.8 Å². The number of carbonyl (C=O) groups excluding carboxylic acids is 2. The van der Waals surface area contributed by atoms with Crippen LogP contribution in [0.1, 0.15) is 30.9 Å². The Morgan fingerprint density at radius 3 is 2.28 bits per heavy atom. The van der Waals surface area contributed by atoms with E-state index in [4.69, 9.17) is 4.74 Å². The second-order valence-electron chi connectivity index (χ2n) is 10.5. The van der Waals surface area contributed by atoms with Gasteiger partial charge in [0.25, 0.3) is 0 Å². The number of amides is 2. The summed E-state index contributed by atoms with van der Waals surface area (Å²) in [7, 11) is -1.05. The van der Waals surface area contributed by atoms with Gasteiger partial charge in [0.15, 0.2) is 0 Å². The molecule has 0 bridgehead atoms. The van der Waals surface area contributed by atoms with E-state index in [0.717, 1.165) is 39.0 Å². The van der Waals surface area contributed by atoms with E-state index in [0.29, 0.717) is 12.3 Å².